The second kappa shape index (κ2) is 7.42. The first kappa shape index (κ1) is 18.4. The highest BCUT2D eigenvalue weighted by atomic mass is 16.5. The molecule has 0 saturated heterocycles. The average molecular weight is 419 g/mol. The van der Waals surface area contributed by atoms with Gasteiger partial charge in [-0.1, -0.05) is 60.7 Å². The summed E-state index contributed by atoms with van der Waals surface area (Å²) in [6.07, 6.45) is 1.94. The molecule has 3 N–H and O–H groups in total. The molecule has 0 fully saturated rings. The summed E-state index contributed by atoms with van der Waals surface area (Å²) in [4.78, 5) is 4.60. The zero-order valence-corrected chi connectivity index (χ0v) is 17.3. The smallest absolute Gasteiger partial charge is 0.238 e. The van der Waals surface area contributed by atoms with Crippen molar-refractivity contribution < 1.29 is 4.74 Å². The second-order valence-electron chi connectivity index (χ2n) is 7.85. The van der Waals surface area contributed by atoms with Gasteiger partial charge in [-0.2, -0.15) is 0 Å². The molecule has 6 rings (SSSR count). The van der Waals surface area contributed by atoms with Crippen molar-refractivity contribution in [2.24, 2.45) is 0 Å². The largest absolute Gasteiger partial charge is 0.489 e. The van der Waals surface area contributed by atoms with Gasteiger partial charge in [0, 0.05) is 23.0 Å². The zero-order chi connectivity index (χ0) is 21.5. The molecule has 1 aliphatic heterocycles. The average Bonchev–Trinajstić information content (AvgIpc) is 3.19. The molecule has 0 radical (unpaired) electrons. The van der Waals surface area contributed by atoms with Crippen LogP contribution in [0.4, 0.5) is 11.6 Å². The van der Waals surface area contributed by atoms with Crippen LogP contribution in [0.25, 0.3) is 16.8 Å². The van der Waals surface area contributed by atoms with E-state index < -0.39 is 0 Å². The number of ether oxygens (including phenoxy) is 1. The summed E-state index contributed by atoms with van der Waals surface area (Å²) in [5.74, 6) is 1.08. The van der Waals surface area contributed by atoms with Crippen LogP contribution in [0.3, 0.4) is 0 Å². The van der Waals surface area contributed by atoms with Gasteiger partial charge in [0.1, 0.15) is 18.1 Å². The van der Waals surface area contributed by atoms with E-state index in [9.17, 15) is 0 Å². The van der Waals surface area contributed by atoms with Gasteiger partial charge < -0.3 is 15.8 Å². The maximum absolute atomic E-state index is 6.09. The number of nitrogens with one attached hydrogen (secondary N) is 1. The highest BCUT2D eigenvalue weighted by Crippen LogP contribution is 2.41. The van der Waals surface area contributed by atoms with E-state index in [1.807, 2.05) is 53.2 Å². The van der Waals surface area contributed by atoms with Crippen molar-refractivity contribution >= 4 is 17.2 Å². The Labute approximate surface area is 185 Å². The maximum atomic E-state index is 6.09. The van der Waals surface area contributed by atoms with Crippen molar-refractivity contribution in [3.63, 3.8) is 0 Å². The molecular weight excluding hydrogens is 398 g/mol. The standard InChI is InChI=1S/C26H21N5O/c27-26-29-24-20-11-4-5-12-22(20)28-23(21-13-14-31(30-26)25(21)24)18-9-6-10-19(15-18)32-16-17-7-2-1-3-8-17/h1-15,23,28H,16H2,(H2,27,30). The number of aromatic nitrogens is 3. The number of rotatable bonds is 4. The Kier molecular flexibility index (Phi) is 4.28. The lowest BCUT2D eigenvalue weighted by Gasteiger charge is -2.20. The van der Waals surface area contributed by atoms with Crippen molar-refractivity contribution in [2.45, 2.75) is 12.6 Å². The molecular formula is C26H21N5O. The van der Waals surface area contributed by atoms with Crippen LogP contribution >= 0.6 is 0 Å². The van der Waals surface area contributed by atoms with Gasteiger partial charge in [-0.25, -0.2) is 9.50 Å². The normalized spacial score (nSPS) is 14.4. The first-order valence-electron chi connectivity index (χ1n) is 10.5. The minimum atomic E-state index is -0.0881. The first-order valence-corrected chi connectivity index (χ1v) is 10.5. The van der Waals surface area contributed by atoms with Crippen molar-refractivity contribution in [3.8, 4) is 17.0 Å². The molecule has 3 heterocycles. The third-order valence-electron chi connectivity index (χ3n) is 5.79. The quantitative estimate of drug-likeness (QED) is 0.425. The summed E-state index contributed by atoms with van der Waals surface area (Å²) >= 11 is 0. The number of benzene rings is 3. The molecule has 0 saturated carbocycles. The van der Waals surface area contributed by atoms with Gasteiger partial charge in [0.05, 0.1) is 11.6 Å². The summed E-state index contributed by atoms with van der Waals surface area (Å²) in [5.41, 5.74) is 13.1. The highest BCUT2D eigenvalue weighted by molar-refractivity contribution is 5.90. The molecule has 0 bridgehead atoms. The summed E-state index contributed by atoms with van der Waals surface area (Å²) in [6.45, 7) is 0.525. The van der Waals surface area contributed by atoms with Crippen LogP contribution in [0, 0.1) is 0 Å². The molecule has 1 atom stereocenters. The molecule has 2 aromatic heterocycles. The topological polar surface area (TPSA) is 77.5 Å². The van der Waals surface area contributed by atoms with Crippen molar-refractivity contribution in [1.82, 2.24) is 14.6 Å². The van der Waals surface area contributed by atoms with Crippen molar-refractivity contribution in [2.75, 3.05) is 11.1 Å². The number of nitrogens with zero attached hydrogens (tertiary/aromatic N) is 3. The molecule has 0 spiro atoms. The molecule has 0 aliphatic carbocycles. The van der Waals surface area contributed by atoms with Gasteiger partial charge in [-0.05, 0) is 35.4 Å². The van der Waals surface area contributed by atoms with Gasteiger partial charge in [0.25, 0.3) is 0 Å². The number of fused-ring (bicyclic) bond motifs is 2. The fourth-order valence-corrected chi connectivity index (χ4v) is 4.32. The summed E-state index contributed by atoms with van der Waals surface area (Å²) < 4.78 is 7.91. The van der Waals surface area contributed by atoms with Crippen molar-refractivity contribution in [3.05, 3.63) is 108 Å². The van der Waals surface area contributed by atoms with E-state index in [2.05, 4.69) is 57.9 Å². The number of nitrogen functional groups attached to an aromatic ring is 1. The molecule has 1 unspecified atom stereocenters. The Balaban J connectivity index is 1.43. The monoisotopic (exact) mass is 419 g/mol. The van der Waals surface area contributed by atoms with Gasteiger partial charge in [-0.3, -0.25) is 0 Å². The molecule has 0 amide bonds. The summed E-state index contributed by atoms with van der Waals surface area (Å²) in [5, 5.41) is 8.10. The second-order valence-corrected chi connectivity index (χ2v) is 7.85. The van der Waals surface area contributed by atoms with Crippen molar-refractivity contribution in [1.29, 1.82) is 0 Å². The molecule has 5 aromatic rings. The molecule has 32 heavy (non-hydrogen) atoms. The van der Waals surface area contributed by atoms with Crippen LogP contribution in [0.15, 0.2) is 91.1 Å². The van der Waals surface area contributed by atoms with E-state index in [1.165, 1.54) is 0 Å². The fraction of sp³-hybridized carbons (Fsp3) is 0.0769. The Hall–Kier alpha value is -4.32. The molecule has 3 aromatic carbocycles. The lowest BCUT2D eigenvalue weighted by molar-refractivity contribution is 0.306. The lowest BCUT2D eigenvalue weighted by Crippen LogP contribution is -2.11. The number of para-hydroxylation sites is 1. The molecule has 6 nitrogen and oxygen atoms in total. The van der Waals surface area contributed by atoms with E-state index >= 15 is 0 Å². The van der Waals surface area contributed by atoms with E-state index in [1.54, 1.807) is 0 Å². The number of hydrogen-bond donors (Lipinski definition) is 2. The highest BCUT2D eigenvalue weighted by Gasteiger charge is 2.27. The van der Waals surface area contributed by atoms with Gasteiger partial charge in [0.15, 0.2) is 0 Å². The van der Waals surface area contributed by atoms with Crippen LogP contribution in [-0.4, -0.2) is 14.6 Å². The van der Waals surface area contributed by atoms with Crippen LogP contribution in [0.5, 0.6) is 5.75 Å². The van der Waals surface area contributed by atoms with E-state index in [4.69, 9.17) is 10.5 Å². The maximum Gasteiger partial charge on any atom is 0.238 e. The summed E-state index contributed by atoms with van der Waals surface area (Å²) in [7, 11) is 0. The summed E-state index contributed by atoms with van der Waals surface area (Å²) in [6, 6.07) is 28.5. The van der Waals surface area contributed by atoms with Crippen LogP contribution < -0.4 is 15.8 Å². The number of anilines is 2. The number of hydrogen-bond acceptors (Lipinski definition) is 5. The zero-order valence-electron chi connectivity index (χ0n) is 17.3. The predicted octanol–water partition coefficient (Wildman–Crippen LogP) is 5.07. The van der Waals surface area contributed by atoms with Crippen LogP contribution in [0.1, 0.15) is 22.7 Å². The molecule has 6 heteroatoms. The first-order chi connectivity index (χ1) is 15.8. The third-order valence-corrected chi connectivity index (χ3v) is 5.79. The Bertz CT molecular complexity index is 1430. The van der Waals surface area contributed by atoms with Gasteiger partial charge >= 0.3 is 0 Å². The van der Waals surface area contributed by atoms with E-state index in [-0.39, 0.29) is 12.0 Å². The molecule has 1 aliphatic rings. The SMILES string of the molecule is Nc1nc2c3c(ccn3n1)C(c1cccc(OCc3ccccc3)c1)Nc1ccccc1-2. The van der Waals surface area contributed by atoms with Crippen LogP contribution in [-0.2, 0) is 6.61 Å². The van der Waals surface area contributed by atoms with Gasteiger partial charge in [0.2, 0.25) is 5.95 Å². The third kappa shape index (κ3) is 3.13. The Morgan fingerprint density at radius 3 is 2.69 bits per heavy atom. The molecule has 156 valence electrons. The van der Waals surface area contributed by atoms with Crippen LogP contribution in [0.2, 0.25) is 0 Å². The fourth-order valence-electron chi connectivity index (χ4n) is 4.32. The Morgan fingerprint density at radius 2 is 1.78 bits per heavy atom. The number of nitrogens with two attached hydrogens (primary N) is 1. The minimum Gasteiger partial charge on any atom is -0.489 e. The van der Waals surface area contributed by atoms with Gasteiger partial charge in [-0.15, -0.1) is 5.10 Å². The lowest BCUT2D eigenvalue weighted by atomic mass is 9.99. The minimum absolute atomic E-state index is 0.0881. The van der Waals surface area contributed by atoms with E-state index in [0.29, 0.717) is 6.61 Å². The predicted molar refractivity (Wildman–Crippen MR) is 126 cm³/mol. The van der Waals surface area contributed by atoms with E-state index in [0.717, 1.165) is 44.9 Å². The Morgan fingerprint density at radius 1 is 0.938 bits per heavy atom.